The van der Waals surface area contributed by atoms with E-state index in [0.717, 1.165) is 0 Å². The van der Waals surface area contributed by atoms with Crippen LogP contribution in [-0.4, -0.2) is 105 Å². The molecule has 0 N–H and O–H groups in total. The van der Waals surface area contributed by atoms with E-state index in [0.29, 0.717) is 54.3 Å². The second-order valence-electron chi connectivity index (χ2n) is 12.7. The number of methoxy groups -OCH3 is 2. The van der Waals surface area contributed by atoms with Gasteiger partial charge in [0.2, 0.25) is 0 Å². The highest BCUT2D eigenvalue weighted by atomic mass is 35.5. The first-order valence-electron chi connectivity index (χ1n) is 16.6. The number of fused-ring (bicyclic) bond motifs is 1. The first kappa shape index (κ1) is 42.3. The Kier molecular flexibility index (Phi) is 14.3. The number of rotatable bonds is 9. The summed E-state index contributed by atoms with van der Waals surface area (Å²) in [6.45, 7) is 3.22. The van der Waals surface area contributed by atoms with Crippen LogP contribution in [0, 0.1) is 0 Å². The summed E-state index contributed by atoms with van der Waals surface area (Å²) in [5, 5.41) is 10.2. The molecule has 288 valence electrons. The molecular formula is C37H40Cl3F3N8O3. The Bertz CT molecular complexity index is 1920. The molecule has 0 bridgehead atoms. The van der Waals surface area contributed by atoms with Gasteiger partial charge in [-0.25, -0.2) is 0 Å². The minimum Gasteiger partial charge on any atom is -0.496 e. The third-order valence-corrected chi connectivity index (χ3v) is 9.72. The van der Waals surface area contributed by atoms with E-state index >= 15 is 0 Å². The molecule has 2 aliphatic heterocycles. The number of ether oxygens (including phenoxy) is 2. The van der Waals surface area contributed by atoms with Crippen molar-refractivity contribution in [3.63, 3.8) is 0 Å². The molecule has 2 aliphatic rings. The van der Waals surface area contributed by atoms with E-state index in [4.69, 9.17) is 9.47 Å². The largest absolute Gasteiger partial charge is 0.496 e. The maximum absolute atomic E-state index is 13.9. The van der Waals surface area contributed by atoms with Crippen molar-refractivity contribution in [2.24, 2.45) is 0 Å². The van der Waals surface area contributed by atoms with Crippen LogP contribution in [0.5, 0.6) is 11.5 Å². The van der Waals surface area contributed by atoms with E-state index in [2.05, 4.69) is 54.6 Å². The molecule has 1 unspecified atom stereocenters. The Morgan fingerprint density at radius 2 is 1.54 bits per heavy atom. The highest BCUT2D eigenvalue weighted by Crippen LogP contribution is 2.40. The average Bonchev–Trinajstić information content (AvgIpc) is 3.67. The topological polar surface area (TPSA) is 102 Å². The van der Waals surface area contributed by atoms with Gasteiger partial charge >= 0.3 is 6.18 Å². The van der Waals surface area contributed by atoms with Crippen molar-refractivity contribution in [3.05, 3.63) is 125 Å². The van der Waals surface area contributed by atoms with Crippen molar-refractivity contribution in [2.75, 3.05) is 46.9 Å². The monoisotopic (exact) mass is 806 g/mol. The van der Waals surface area contributed by atoms with E-state index in [1.54, 1.807) is 30.6 Å². The van der Waals surface area contributed by atoms with Gasteiger partial charge in [0, 0.05) is 69.7 Å². The number of piperazine rings is 2. The van der Waals surface area contributed by atoms with E-state index in [9.17, 15) is 18.0 Å². The number of alkyl halides is 3. The van der Waals surface area contributed by atoms with Crippen molar-refractivity contribution in [1.29, 1.82) is 0 Å². The lowest BCUT2D eigenvalue weighted by atomic mass is 9.81. The molecule has 3 aromatic carbocycles. The highest BCUT2D eigenvalue weighted by Gasteiger charge is 2.44. The van der Waals surface area contributed by atoms with Gasteiger partial charge in [-0.2, -0.15) is 17.9 Å². The normalized spacial score (nSPS) is 17.4. The fraction of sp³-hybridized carbons (Fsp3) is 0.324. The SMILES string of the molecule is COc1ccc(-n2nnnc2C(F)(F)F)c(OC)c1CN1CC(C(c2ccccc2)c2ccccc2)N2CCN(C(=O)c3cccnc3)C[C@H]2C1.Cl.Cl.Cl. The molecule has 2 aromatic heterocycles. The minimum atomic E-state index is -4.79. The summed E-state index contributed by atoms with van der Waals surface area (Å²) in [4.78, 5) is 24.5. The molecule has 1 amide bonds. The van der Waals surface area contributed by atoms with Gasteiger partial charge in [0.15, 0.2) is 5.75 Å². The highest BCUT2D eigenvalue weighted by molar-refractivity contribution is 5.94. The van der Waals surface area contributed by atoms with Crippen LogP contribution in [0.2, 0.25) is 0 Å². The Labute approximate surface area is 329 Å². The van der Waals surface area contributed by atoms with Crippen LogP contribution in [0.15, 0.2) is 97.3 Å². The number of amides is 1. The first-order valence-corrected chi connectivity index (χ1v) is 16.6. The zero-order valence-corrected chi connectivity index (χ0v) is 31.8. The molecule has 0 radical (unpaired) electrons. The predicted octanol–water partition coefficient (Wildman–Crippen LogP) is 6.20. The molecular weight excluding hydrogens is 768 g/mol. The molecule has 5 aromatic rings. The molecule has 0 aliphatic carbocycles. The summed E-state index contributed by atoms with van der Waals surface area (Å²) in [6, 6.07) is 27.3. The third-order valence-electron chi connectivity index (χ3n) is 9.72. The number of pyridine rings is 1. The summed E-state index contributed by atoms with van der Waals surface area (Å²) in [6.07, 6.45) is -1.56. The Morgan fingerprint density at radius 3 is 2.13 bits per heavy atom. The van der Waals surface area contributed by atoms with Crippen LogP contribution in [0.3, 0.4) is 0 Å². The zero-order valence-electron chi connectivity index (χ0n) is 29.4. The van der Waals surface area contributed by atoms with Gasteiger partial charge in [0.25, 0.3) is 11.7 Å². The smallest absolute Gasteiger partial charge is 0.453 e. The summed E-state index contributed by atoms with van der Waals surface area (Å²) in [7, 11) is 2.92. The summed E-state index contributed by atoms with van der Waals surface area (Å²) in [5.74, 6) is -0.720. The van der Waals surface area contributed by atoms with Gasteiger partial charge in [0.1, 0.15) is 11.4 Å². The molecule has 17 heteroatoms. The summed E-state index contributed by atoms with van der Waals surface area (Å²) >= 11 is 0. The van der Waals surface area contributed by atoms with Gasteiger partial charge in [-0.15, -0.1) is 42.3 Å². The quantitative estimate of drug-likeness (QED) is 0.172. The van der Waals surface area contributed by atoms with Gasteiger partial charge in [-0.3, -0.25) is 19.6 Å². The number of hydrogen-bond acceptors (Lipinski definition) is 9. The van der Waals surface area contributed by atoms with E-state index in [1.165, 1.54) is 31.4 Å². The lowest BCUT2D eigenvalue weighted by molar-refractivity contribution is -0.146. The maximum atomic E-state index is 13.9. The molecule has 2 saturated heterocycles. The van der Waals surface area contributed by atoms with Gasteiger partial charge in [0.05, 0.1) is 25.3 Å². The maximum Gasteiger partial charge on any atom is 0.453 e. The molecule has 7 rings (SSSR count). The van der Waals surface area contributed by atoms with Gasteiger partial charge < -0.3 is 14.4 Å². The van der Waals surface area contributed by atoms with Crippen LogP contribution in [-0.2, 0) is 12.7 Å². The number of tetrazole rings is 1. The number of halogens is 6. The molecule has 2 atom stereocenters. The Balaban J connectivity index is 0.00000217. The van der Waals surface area contributed by atoms with Crippen LogP contribution >= 0.6 is 37.2 Å². The number of aromatic nitrogens is 5. The summed E-state index contributed by atoms with van der Waals surface area (Å²) in [5.41, 5.74) is 3.47. The molecule has 0 saturated carbocycles. The van der Waals surface area contributed by atoms with Crippen molar-refractivity contribution in [1.82, 2.24) is 39.9 Å². The fourth-order valence-corrected chi connectivity index (χ4v) is 7.53. The van der Waals surface area contributed by atoms with Gasteiger partial charge in [-0.1, -0.05) is 60.7 Å². The van der Waals surface area contributed by atoms with E-state index in [-0.39, 0.29) is 79.1 Å². The van der Waals surface area contributed by atoms with Crippen molar-refractivity contribution >= 4 is 43.1 Å². The molecule has 54 heavy (non-hydrogen) atoms. The number of nitrogens with zero attached hydrogens (tertiary/aromatic N) is 8. The van der Waals surface area contributed by atoms with Gasteiger partial charge in [-0.05, 0) is 45.8 Å². The Morgan fingerprint density at radius 1 is 0.852 bits per heavy atom. The first-order chi connectivity index (χ1) is 24.8. The molecule has 4 heterocycles. The average molecular weight is 808 g/mol. The summed E-state index contributed by atoms with van der Waals surface area (Å²) < 4.78 is 53.9. The van der Waals surface area contributed by atoms with Crippen LogP contribution < -0.4 is 9.47 Å². The second-order valence-corrected chi connectivity index (χ2v) is 12.7. The Hall–Kier alpha value is -4.47. The number of carbonyl (C=O) groups excluding carboxylic acids is 1. The minimum absolute atomic E-state index is 0. The van der Waals surface area contributed by atoms with Crippen LogP contribution in [0.1, 0.15) is 38.8 Å². The number of benzene rings is 3. The standard InChI is InChI=1S/C37H37F3N8O3.3ClH/c1-50-32-16-15-30(48-36(37(38,39)40)42-43-44-48)34(51-2)29(32)23-45-21-28-22-46(35(49)27-14-9-17-41-20-27)18-19-47(28)31(24-45)33(25-10-5-3-6-11-25)26-12-7-4-8-13-26;;;/h3-17,20,28,31,33H,18-19,21-24H2,1-2H3;3*1H/t28-,31?;;;/m1.../s1. The van der Waals surface area contributed by atoms with E-state index < -0.39 is 12.0 Å². The number of hydrogen-bond donors (Lipinski definition) is 0. The van der Waals surface area contributed by atoms with Crippen molar-refractivity contribution < 1.29 is 27.4 Å². The zero-order chi connectivity index (χ0) is 35.5. The predicted molar refractivity (Wildman–Crippen MR) is 203 cm³/mol. The van der Waals surface area contributed by atoms with Crippen LogP contribution in [0.4, 0.5) is 13.2 Å². The molecule has 2 fully saturated rings. The second kappa shape index (κ2) is 18.2. The third kappa shape index (κ3) is 8.58. The number of carbonyl (C=O) groups is 1. The van der Waals surface area contributed by atoms with Crippen LogP contribution in [0.25, 0.3) is 5.69 Å². The molecule has 11 nitrogen and oxygen atoms in total. The fourth-order valence-electron chi connectivity index (χ4n) is 7.53. The lowest BCUT2D eigenvalue weighted by Gasteiger charge is -2.53. The van der Waals surface area contributed by atoms with Crippen molar-refractivity contribution in [3.8, 4) is 17.2 Å². The van der Waals surface area contributed by atoms with E-state index in [1.807, 2.05) is 41.3 Å². The lowest BCUT2D eigenvalue weighted by Crippen LogP contribution is -2.67. The van der Waals surface area contributed by atoms with Crippen molar-refractivity contribution in [2.45, 2.75) is 30.7 Å². The molecule has 0 spiro atoms.